The van der Waals surface area contributed by atoms with Gasteiger partial charge in [-0.15, -0.1) is 0 Å². The van der Waals surface area contributed by atoms with Crippen LogP contribution >= 0.6 is 22.6 Å². The lowest BCUT2D eigenvalue weighted by Gasteiger charge is -2.27. The molecule has 1 nitrogen and oxygen atoms in total. The molecule has 0 saturated heterocycles. The minimum Gasteiger partial charge on any atom is -0.392 e. The average Bonchev–Trinajstić information content (AvgIpc) is 2.53. The van der Waals surface area contributed by atoms with Crippen LogP contribution in [0.4, 0.5) is 0 Å². The Bertz CT molecular complexity index is 219. The second kappa shape index (κ2) is 3.62. The zero-order valence-electron chi connectivity index (χ0n) is 10.1. The zero-order valence-corrected chi connectivity index (χ0v) is 12.3. The zero-order chi connectivity index (χ0) is 11.3. The van der Waals surface area contributed by atoms with Crippen molar-refractivity contribution in [3.8, 4) is 0 Å². The van der Waals surface area contributed by atoms with Gasteiger partial charge in [0.1, 0.15) is 0 Å². The first-order valence-corrected chi connectivity index (χ1v) is 6.70. The summed E-state index contributed by atoms with van der Waals surface area (Å²) in [6.45, 7) is 13.3. The van der Waals surface area contributed by atoms with E-state index in [2.05, 4.69) is 64.1 Å². The third kappa shape index (κ3) is 1.84. The van der Waals surface area contributed by atoms with E-state index in [1.165, 1.54) is 0 Å². The van der Waals surface area contributed by atoms with Gasteiger partial charge in [0.05, 0.1) is 6.10 Å². The summed E-state index contributed by atoms with van der Waals surface area (Å²) >= 11 is 2.51. The van der Waals surface area contributed by atoms with Crippen LogP contribution in [-0.2, 0) is 0 Å². The molecule has 0 aromatic carbocycles. The summed E-state index contributed by atoms with van der Waals surface area (Å²) in [5.74, 6) is 1.01. The second-order valence-electron chi connectivity index (χ2n) is 6.30. The summed E-state index contributed by atoms with van der Waals surface area (Å²) < 4.78 is 0.623. The van der Waals surface area contributed by atoms with Crippen molar-refractivity contribution < 1.29 is 5.11 Å². The normalized spacial score (nSPS) is 40.1. The highest BCUT2D eigenvalue weighted by Gasteiger charge is 2.67. The Morgan fingerprint density at radius 3 is 1.93 bits per heavy atom. The number of rotatable bonds is 2. The fraction of sp³-hybridized carbons (Fsp3) is 1.00. The van der Waals surface area contributed by atoms with E-state index in [4.69, 9.17) is 0 Å². The van der Waals surface area contributed by atoms with E-state index in [-0.39, 0.29) is 11.5 Å². The van der Waals surface area contributed by atoms with E-state index in [1.54, 1.807) is 0 Å². The van der Waals surface area contributed by atoms with Gasteiger partial charge in [0.25, 0.3) is 0 Å². The molecular formula is C12H23IO. The van der Waals surface area contributed by atoms with E-state index in [0.29, 0.717) is 21.2 Å². The van der Waals surface area contributed by atoms with E-state index < -0.39 is 0 Å². The van der Waals surface area contributed by atoms with Crippen molar-refractivity contribution in [3.05, 3.63) is 0 Å². The van der Waals surface area contributed by atoms with Crippen molar-refractivity contribution in [3.63, 3.8) is 0 Å². The van der Waals surface area contributed by atoms with E-state index in [9.17, 15) is 5.11 Å². The molecule has 84 valence electrons. The van der Waals surface area contributed by atoms with Crippen molar-refractivity contribution in [1.82, 2.24) is 0 Å². The molecule has 0 aromatic heterocycles. The molecule has 1 saturated carbocycles. The minimum atomic E-state index is -0.159. The predicted octanol–water partition coefficient (Wildman–Crippen LogP) is 3.49. The Balaban J connectivity index is 2.81. The predicted molar refractivity (Wildman–Crippen MR) is 69.7 cm³/mol. The average molecular weight is 310 g/mol. The van der Waals surface area contributed by atoms with Gasteiger partial charge >= 0.3 is 0 Å². The van der Waals surface area contributed by atoms with Gasteiger partial charge in [-0.05, 0) is 17.3 Å². The maximum atomic E-state index is 10.2. The summed E-state index contributed by atoms with van der Waals surface area (Å²) in [6.07, 6.45) is -0.159. The van der Waals surface area contributed by atoms with Gasteiger partial charge in [0.2, 0.25) is 0 Å². The molecule has 0 radical (unpaired) electrons. The highest BCUT2D eigenvalue weighted by atomic mass is 127. The van der Waals surface area contributed by atoms with Gasteiger partial charge in [-0.25, -0.2) is 0 Å². The van der Waals surface area contributed by atoms with Crippen molar-refractivity contribution in [2.75, 3.05) is 0 Å². The molecule has 0 heterocycles. The molecule has 1 rings (SSSR count). The third-order valence-electron chi connectivity index (χ3n) is 3.65. The lowest BCUT2D eigenvalue weighted by Crippen LogP contribution is -2.30. The van der Waals surface area contributed by atoms with E-state index in [0.717, 1.165) is 0 Å². The molecule has 14 heavy (non-hydrogen) atoms. The van der Waals surface area contributed by atoms with Gasteiger partial charge in [-0.1, -0.05) is 64.1 Å². The molecule has 0 aliphatic heterocycles. The summed E-state index contributed by atoms with van der Waals surface area (Å²) in [4.78, 5) is 0. The van der Waals surface area contributed by atoms with Crippen molar-refractivity contribution in [2.45, 2.75) is 51.6 Å². The van der Waals surface area contributed by atoms with Crippen LogP contribution in [0.2, 0.25) is 0 Å². The number of halogens is 1. The number of hydrogen-bond acceptors (Lipinski definition) is 1. The monoisotopic (exact) mass is 310 g/mol. The van der Waals surface area contributed by atoms with E-state index >= 15 is 0 Å². The van der Waals surface area contributed by atoms with E-state index in [1.807, 2.05) is 0 Å². The molecule has 1 N–H and O–H groups in total. The van der Waals surface area contributed by atoms with Crippen LogP contribution in [0.25, 0.3) is 0 Å². The summed E-state index contributed by atoms with van der Waals surface area (Å²) in [7, 11) is 0. The topological polar surface area (TPSA) is 20.2 Å². The number of hydrogen-bond donors (Lipinski definition) is 1. The Hall–Kier alpha value is 0.690. The molecule has 0 spiro atoms. The molecule has 4 atom stereocenters. The molecule has 1 aliphatic rings. The largest absolute Gasteiger partial charge is 0.392 e. The van der Waals surface area contributed by atoms with Crippen molar-refractivity contribution >= 4 is 22.6 Å². The lowest BCUT2D eigenvalue weighted by atomic mass is 9.80. The first kappa shape index (κ1) is 12.8. The summed E-state index contributed by atoms with van der Waals surface area (Å²) in [5.41, 5.74) is 0.448. The van der Waals surface area contributed by atoms with Crippen LogP contribution in [0.3, 0.4) is 0 Å². The number of aliphatic hydroxyl groups is 1. The van der Waals surface area contributed by atoms with Crippen LogP contribution in [0.5, 0.6) is 0 Å². The molecule has 0 aromatic rings. The smallest absolute Gasteiger partial charge is 0.0630 e. The summed E-state index contributed by atoms with van der Waals surface area (Å²) in [5, 5.41) is 10.2. The van der Waals surface area contributed by atoms with Crippen molar-refractivity contribution in [2.24, 2.45) is 22.7 Å². The highest BCUT2D eigenvalue weighted by molar-refractivity contribution is 14.1. The second-order valence-corrected chi connectivity index (χ2v) is 7.64. The number of alkyl halides is 1. The molecule has 1 fully saturated rings. The minimum absolute atomic E-state index is 0.132. The molecular weight excluding hydrogens is 287 g/mol. The Labute approximate surface area is 102 Å². The van der Waals surface area contributed by atoms with Crippen LogP contribution in [0.1, 0.15) is 41.5 Å². The molecule has 2 heteroatoms. The first-order chi connectivity index (χ1) is 6.13. The molecule has 4 unspecified atom stereocenters. The van der Waals surface area contributed by atoms with Crippen LogP contribution in [0.15, 0.2) is 0 Å². The van der Waals surface area contributed by atoms with Gasteiger partial charge in [-0.2, -0.15) is 0 Å². The Morgan fingerprint density at radius 1 is 1.29 bits per heavy atom. The standard InChI is InChI=1S/C12H23IO/c1-7(2)10(14)12(6)8(9(12)13)11(3,4)5/h7-10,14H,1-6H3. The van der Waals surface area contributed by atoms with Gasteiger partial charge in [-0.3, -0.25) is 0 Å². The maximum absolute atomic E-state index is 10.2. The van der Waals surface area contributed by atoms with Crippen LogP contribution in [-0.4, -0.2) is 15.1 Å². The molecule has 0 bridgehead atoms. The number of aliphatic hydroxyl groups excluding tert-OH is 1. The van der Waals surface area contributed by atoms with Crippen molar-refractivity contribution in [1.29, 1.82) is 0 Å². The van der Waals surface area contributed by atoms with Crippen LogP contribution in [0, 0.1) is 22.7 Å². The van der Waals surface area contributed by atoms with Gasteiger partial charge in [0.15, 0.2) is 0 Å². The van der Waals surface area contributed by atoms with Gasteiger partial charge < -0.3 is 5.11 Å². The Morgan fingerprint density at radius 2 is 1.71 bits per heavy atom. The quantitative estimate of drug-likeness (QED) is 0.611. The summed E-state index contributed by atoms with van der Waals surface area (Å²) in [6, 6.07) is 0. The van der Waals surface area contributed by atoms with Gasteiger partial charge in [0, 0.05) is 9.34 Å². The first-order valence-electron chi connectivity index (χ1n) is 5.45. The van der Waals surface area contributed by atoms with Crippen LogP contribution < -0.4 is 0 Å². The maximum Gasteiger partial charge on any atom is 0.0630 e. The third-order valence-corrected chi connectivity index (χ3v) is 5.71. The fourth-order valence-electron chi connectivity index (χ4n) is 2.92. The lowest BCUT2D eigenvalue weighted by molar-refractivity contribution is 0.0406. The fourth-order valence-corrected chi connectivity index (χ4v) is 5.32. The molecule has 0 amide bonds. The molecule has 1 aliphatic carbocycles. The highest BCUT2D eigenvalue weighted by Crippen LogP contribution is 2.67. The SMILES string of the molecule is CC(C)C(O)C1(C)C(I)C1C(C)(C)C. The Kier molecular flexibility index (Phi) is 3.30.